The average molecular weight is 223 g/mol. The van der Waals surface area contributed by atoms with Crippen molar-refractivity contribution in [2.75, 3.05) is 5.32 Å². The van der Waals surface area contributed by atoms with Gasteiger partial charge in [-0.1, -0.05) is 0 Å². The monoisotopic (exact) mass is 223 g/mol. The molecule has 1 rings (SSSR count). The molecule has 0 aromatic carbocycles. The molecular weight excluding hydrogens is 206 g/mol. The first kappa shape index (κ1) is 12.4. The Morgan fingerprint density at radius 3 is 2.56 bits per heavy atom. The van der Waals surface area contributed by atoms with Crippen molar-refractivity contribution in [3.63, 3.8) is 0 Å². The molecule has 6 heteroatoms. The lowest BCUT2D eigenvalue weighted by Crippen LogP contribution is -2.26. The standard InChI is InChI=1S/C10H17N5O/c1-6(11)5-7(2)13-9-4-3-8(10(12)16)14-15-9/h3-4,6-7H,5,11H2,1-2H3,(H2,12,16)(H,13,15). The van der Waals surface area contributed by atoms with Crippen molar-refractivity contribution in [1.29, 1.82) is 0 Å². The minimum atomic E-state index is -0.581. The van der Waals surface area contributed by atoms with Crippen molar-refractivity contribution < 1.29 is 4.79 Å². The summed E-state index contributed by atoms with van der Waals surface area (Å²) < 4.78 is 0. The number of amides is 1. The first-order chi connectivity index (χ1) is 7.49. The van der Waals surface area contributed by atoms with Gasteiger partial charge in [-0.25, -0.2) is 0 Å². The van der Waals surface area contributed by atoms with Crippen LogP contribution < -0.4 is 16.8 Å². The highest BCUT2D eigenvalue weighted by Gasteiger charge is 2.07. The maximum Gasteiger partial charge on any atom is 0.269 e. The first-order valence-corrected chi connectivity index (χ1v) is 5.14. The van der Waals surface area contributed by atoms with E-state index in [-0.39, 0.29) is 17.8 Å². The molecule has 1 amide bonds. The number of hydrogen-bond donors (Lipinski definition) is 3. The molecule has 88 valence electrons. The van der Waals surface area contributed by atoms with Crippen LogP contribution in [0.2, 0.25) is 0 Å². The summed E-state index contributed by atoms with van der Waals surface area (Å²) in [5.74, 6) is 0.0285. The number of anilines is 1. The molecule has 1 heterocycles. The van der Waals surface area contributed by atoms with Gasteiger partial charge >= 0.3 is 0 Å². The lowest BCUT2D eigenvalue weighted by atomic mass is 10.1. The molecule has 0 fully saturated rings. The molecule has 0 saturated carbocycles. The van der Waals surface area contributed by atoms with Crippen LogP contribution in [0.25, 0.3) is 0 Å². The van der Waals surface area contributed by atoms with Gasteiger partial charge in [0.05, 0.1) is 0 Å². The zero-order valence-electron chi connectivity index (χ0n) is 9.47. The van der Waals surface area contributed by atoms with Gasteiger partial charge in [0.2, 0.25) is 0 Å². The van der Waals surface area contributed by atoms with Crippen LogP contribution in [0.5, 0.6) is 0 Å². The fourth-order valence-electron chi connectivity index (χ4n) is 1.41. The third-order valence-electron chi connectivity index (χ3n) is 2.04. The molecule has 2 atom stereocenters. The summed E-state index contributed by atoms with van der Waals surface area (Å²) in [6.45, 7) is 3.95. The quantitative estimate of drug-likeness (QED) is 0.657. The van der Waals surface area contributed by atoms with Gasteiger partial charge in [0.15, 0.2) is 5.69 Å². The number of rotatable bonds is 5. The number of nitrogens with two attached hydrogens (primary N) is 2. The molecule has 0 bridgehead atoms. The number of aromatic nitrogens is 2. The Bertz CT molecular complexity index is 349. The second-order valence-electron chi connectivity index (χ2n) is 3.93. The summed E-state index contributed by atoms with van der Waals surface area (Å²) in [6.07, 6.45) is 0.833. The van der Waals surface area contributed by atoms with E-state index in [2.05, 4.69) is 15.5 Å². The van der Waals surface area contributed by atoms with E-state index in [0.29, 0.717) is 5.82 Å². The molecule has 6 nitrogen and oxygen atoms in total. The first-order valence-electron chi connectivity index (χ1n) is 5.14. The zero-order chi connectivity index (χ0) is 12.1. The topological polar surface area (TPSA) is 107 Å². The van der Waals surface area contributed by atoms with E-state index < -0.39 is 5.91 Å². The fraction of sp³-hybridized carbons (Fsp3) is 0.500. The normalized spacial score (nSPS) is 14.2. The maximum absolute atomic E-state index is 10.8. The number of nitrogens with one attached hydrogen (secondary N) is 1. The van der Waals surface area contributed by atoms with Gasteiger partial charge < -0.3 is 16.8 Å². The molecule has 0 aliphatic carbocycles. The fourth-order valence-corrected chi connectivity index (χ4v) is 1.41. The van der Waals surface area contributed by atoms with Crippen molar-refractivity contribution >= 4 is 11.7 Å². The van der Waals surface area contributed by atoms with E-state index in [0.717, 1.165) is 6.42 Å². The van der Waals surface area contributed by atoms with E-state index in [1.165, 1.54) is 6.07 Å². The number of nitrogens with zero attached hydrogens (tertiary/aromatic N) is 2. The summed E-state index contributed by atoms with van der Waals surface area (Å²) in [5, 5.41) is 10.7. The van der Waals surface area contributed by atoms with E-state index in [4.69, 9.17) is 11.5 Å². The molecule has 0 aliphatic heterocycles. The molecule has 0 aliphatic rings. The highest BCUT2D eigenvalue weighted by Crippen LogP contribution is 2.06. The average Bonchev–Trinajstić information content (AvgIpc) is 2.16. The Hall–Kier alpha value is -1.69. The van der Waals surface area contributed by atoms with Gasteiger partial charge in [-0.3, -0.25) is 4.79 Å². The SMILES string of the molecule is CC(N)CC(C)Nc1ccc(C(N)=O)nn1. The third-order valence-corrected chi connectivity index (χ3v) is 2.04. The number of carbonyl (C=O) groups is 1. The van der Waals surface area contributed by atoms with Crippen molar-refractivity contribution in [1.82, 2.24) is 10.2 Å². The number of carbonyl (C=O) groups excluding carboxylic acids is 1. The van der Waals surface area contributed by atoms with Crippen LogP contribution in [0.15, 0.2) is 12.1 Å². The van der Waals surface area contributed by atoms with Crippen molar-refractivity contribution in [3.05, 3.63) is 17.8 Å². The molecule has 0 radical (unpaired) electrons. The minimum Gasteiger partial charge on any atom is -0.366 e. The van der Waals surface area contributed by atoms with Crippen molar-refractivity contribution in [2.24, 2.45) is 11.5 Å². The van der Waals surface area contributed by atoms with E-state index in [1.54, 1.807) is 6.07 Å². The smallest absolute Gasteiger partial charge is 0.269 e. The van der Waals surface area contributed by atoms with E-state index >= 15 is 0 Å². The van der Waals surface area contributed by atoms with Crippen molar-refractivity contribution in [3.8, 4) is 0 Å². The molecule has 5 N–H and O–H groups in total. The Morgan fingerprint density at radius 1 is 1.44 bits per heavy atom. The third kappa shape index (κ3) is 3.82. The maximum atomic E-state index is 10.8. The van der Waals surface area contributed by atoms with Crippen LogP contribution in [-0.2, 0) is 0 Å². The Balaban J connectivity index is 2.58. The largest absolute Gasteiger partial charge is 0.366 e. The molecule has 2 unspecified atom stereocenters. The summed E-state index contributed by atoms with van der Waals surface area (Å²) in [6, 6.07) is 3.54. The second kappa shape index (κ2) is 5.41. The van der Waals surface area contributed by atoms with E-state index in [9.17, 15) is 4.79 Å². The van der Waals surface area contributed by atoms with E-state index in [1.807, 2.05) is 13.8 Å². The molecular formula is C10H17N5O. The molecule has 1 aromatic heterocycles. The number of primary amides is 1. The molecule has 1 aromatic rings. The molecule has 0 saturated heterocycles. The summed E-state index contributed by atoms with van der Waals surface area (Å²) in [4.78, 5) is 10.8. The number of hydrogen-bond acceptors (Lipinski definition) is 5. The minimum absolute atomic E-state index is 0.125. The Kier molecular flexibility index (Phi) is 4.19. The van der Waals surface area contributed by atoms with Crippen LogP contribution in [-0.4, -0.2) is 28.2 Å². The van der Waals surface area contributed by atoms with Gasteiger partial charge in [-0.15, -0.1) is 10.2 Å². The van der Waals surface area contributed by atoms with Crippen LogP contribution in [0.4, 0.5) is 5.82 Å². The highest BCUT2D eigenvalue weighted by atomic mass is 16.1. The van der Waals surface area contributed by atoms with Gasteiger partial charge in [0, 0.05) is 12.1 Å². The van der Waals surface area contributed by atoms with Crippen LogP contribution >= 0.6 is 0 Å². The van der Waals surface area contributed by atoms with Crippen LogP contribution in [0.1, 0.15) is 30.8 Å². The van der Waals surface area contributed by atoms with Crippen molar-refractivity contribution in [2.45, 2.75) is 32.4 Å². The molecule has 0 spiro atoms. The van der Waals surface area contributed by atoms with Gasteiger partial charge in [0.25, 0.3) is 5.91 Å². The summed E-state index contributed by atoms with van der Waals surface area (Å²) >= 11 is 0. The lowest BCUT2D eigenvalue weighted by Gasteiger charge is -2.15. The van der Waals surface area contributed by atoms with Crippen LogP contribution in [0.3, 0.4) is 0 Å². The lowest BCUT2D eigenvalue weighted by molar-refractivity contribution is 0.0994. The predicted molar refractivity (Wildman–Crippen MR) is 61.9 cm³/mol. The second-order valence-corrected chi connectivity index (χ2v) is 3.93. The van der Waals surface area contributed by atoms with Gasteiger partial charge in [-0.05, 0) is 32.4 Å². The molecule has 16 heavy (non-hydrogen) atoms. The summed E-state index contributed by atoms with van der Waals surface area (Å²) in [7, 11) is 0. The predicted octanol–water partition coefficient (Wildman–Crippen LogP) is 0.113. The zero-order valence-corrected chi connectivity index (χ0v) is 9.47. The van der Waals surface area contributed by atoms with Gasteiger partial charge in [0.1, 0.15) is 5.82 Å². The Morgan fingerprint density at radius 2 is 2.12 bits per heavy atom. The Labute approximate surface area is 94.4 Å². The van der Waals surface area contributed by atoms with Gasteiger partial charge in [-0.2, -0.15) is 0 Å². The highest BCUT2D eigenvalue weighted by molar-refractivity contribution is 5.90. The van der Waals surface area contributed by atoms with Crippen LogP contribution in [0, 0.1) is 0 Å². The summed E-state index contributed by atoms with van der Waals surface area (Å²) in [5.41, 5.74) is 10.9.